The molecule has 0 aromatic heterocycles. The van der Waals surface area contributed by atoms with Gasteiger partial charge >= 0.3 is 0 Å². The maximum Gasteiger partial charge on any atom is 0.0729 e. The lowest BCUT2D eigenvalue weighted by atomic mass is 10.0. The van der Waals surface area contributed by atoms with Crippen molar-refractivity contribution >= 4 is 0 Å². The third-order valence-electron chi connectivity index (χ3n) is 2.83. The molecule has 1 heterocycles. The number of rotatable bonds is 6. The van der Waals surface area contributed by atoms with Gasteiger partial charge in [-0.2, -0.15) is 0 Å². The number of hydrogen-bond donors (Lipinski definition) is 1. The van der Waals surface area contributed by atoms with E-state index < -0.39 is 0 Å². The molecule has 1 rings (SSSR count). The van der Waals surface area contributed by atoms with Crippen molar-refractivity contribution in [3.05, 3.63) is 0 Å². The summed E-state index contributed by atoms with van der Waals surface area (Å²) in [6.07, 6.45) is 6.14. The molecular formula is C13H23NO. The van der Waals surface area contributed by atoms with E-state index in [-0.39, 0.29) is 0 Å². The molecule has 0 aromatic rings. The summed E-state index contributed by atoms with van der Waals surface area (Å²) in [5, 5.41) is 3.58. The van der Waals surface area contributed by atoms with Crippen LogP contribution in [0, 0.1) is 11.8 Å². The maximum absolute atomic E-state index is 5.73. The van der Waals surface area contributed by atoms with Crippen LogP contribution in [0.5, 0.6) is 0 Å². The minimum atomic E-state index is 0.426. The second-order valence-corrected chi connectivity index (χ2v) is 4.08. The van der Waals surface area contributed by atoms with Crippen LogP contribution in [0.2, 0.25) is 0 Å². The van der Waals surface area contributed by atoms with Gasteiger partial charge in [0.2, 0.25) is 0 Å². The quantitative estimate of drug-likeness (QED) is 0.678. The van der Waals surface area contributed by atoms with Gasteiger partial charge in [0.25, 0.3) is 0 Å². The normalized spacial score (nSPS) is 22.1. The molecule has 0 radical (unpaired) electrons. The molecule has 1 fully saturated rings. The molecule has 2 atom stereocenters. The van der Waals surface area contributed by atoms with Crippen molar-refractivity contribution in [1.82, 2.24) is 5.32 Å². The first-order valence-corrected chi connectivity index (χ1v) is 6.13. The van der Waals surface area contributed by atoms with E-state index in [1.165, 1.54) is 19.3 Å². The summed E-state index contributed by atoms with van der Waals surface area (Å²) in [6.45, 7) is 6.13. The maximum atomic E-state index is 5.73. The van der Waals surface area contributed by atoms with Crippen LogP contribution in [0.1, 0.15) is 46.0 Å². The minimum Gasteiger partial charge on any atom is -0.377 e. The van der Waals surface area contributed by atoms with Gasteiger partial charge in [-0.25, -0.2) is 0 Å². The Morgan fingerprint density at radius 1 is 1.53 bits per heavy atom. The standard InChI is InChI=1S/C13H23NO/c1-3-5-6-8-12(14-10-4-2)13-9-7-11-15-13/h12-14H,4,6-11H2,1-2H3. The zero-order valence-corrected chi connectivity index (χ0v) is 10.0. The van der Waals surface area contributed by atoms with E-state index in [4.69, 9.17) is 4.74 Å². The third kappa shape index (κ3) is 4.68. The van der Waals surface area contributed by atoms with Crippen LogP contribution in [0.15, 0.2) is 0 Å². The summed E-state index contributed by atoms with van der Waals surface area (Å²) in [4.78, 5) is 0. The Morgan fingerprint density at radius 2 is 2.40 bits per heavy atom. The molecule has 2 nitrogen and oxygen atoms in total. The van der Waals surface area contributed by atoms with Crippen molar-refractivity contribution in [2.24, 2.45) is 0 Å². The lowest BCUT2D eigenvalue weighted by Crippen LogP contribution is -2.39. The predicted octanol–water partition coefficient (Wildman–Crippen LogP) is 2.34. The van der Waals surface area contributed by atoms with Crippen LogP contribution in [-0.2, 0) is 4.74 Å². The van der Waals surface area contributed by atoms with Crippen LogP contribution in [0.3, 0.4) is 0 Å². The molecule has 2 heteroatoms. The molecule has 0 aliphatic carbocycles. The zero-order valence-electron chi connectivity index (χ0n) is 10.0. The van der Waals surface area contributed by atoms with Gasteiger partial charge in [-0.05, 0) is 39.2 Å². The highest BCUT2D eigenvalue weighted by molar-refractivity contribution is 4.96. The first-order chi connectivity index (χ1) is 7.38. The van der Waals surface area contributed by atoms with E-state index in [1.807, 2.05) is 6.92 Å². The second kappa shape index (κ2) is 7.73. The van der Waals surface area contributed by atoms with Gasteiger partial charge in [-0.3, -0.25) is 0 Å². The summed E-state index contributed by atoms with van der Waals surface area (Å²) in [6, 6.07) is 0.508. The van der Waals surface area contributed by atoms with Gasteiger partial charge in [-0.15, -0.1) is 11.8 Å². The van der Waals surface area contributed by atoms with Crippen molar-refractivity contribution in [2.75, 3.05) is 13.2 Å². The Labute approximate surface area is 93.8 Å². The van der Waals surface area contributed by atoms with E-state index in [9.17, 15) is 0 Å². The molecule has 0 spiro atoms. The molecule has 0 aromatic carbocycles. The van der Waals surface area contributed by atoms with Gasteiger partial charge in [0.15, 0.2) is 0 Å². The highest BCUT2D eigenvalue weighted by Crippen LogP contribution is 2.18. The molecule has 0 bridgehead atoms. The molecule has 15 heavy (non-hydrogen) atoms. The van der Waals surface area contributed by atoms with Crippen LogP contribution < -0.4 is 5.32 Å². The summed E-state index contributed by atoms with van der Waals surface area (Å²) in [7, 11) is 0. The Hall–Kier alpha value is -0.520. The molecule has 86 valence electrons. The van der Waals surface area contributed by atoms with Crippen molar-refractivity contribution in [1.29, 1.82) is 0 Å². The van der Waals surface area contributed by atoms with Gasteiger partial charge in [0.1, 0.15) is 0 Å². The van der Waals surface area contributed by atoms with Gasteiger partial charge in [0.05, 0.1) is 6.10 Å². The minimum absolute atomic E-state index is 0.426. The monoisotopic (exact) mass is 209 g/mol. The highest BCUT2D eigenvalue weighted by Gasteiger charge is 2.24. The largest absolute Gasteiger partial charge is 0.377 e. The molecule has 0 amide bonds. The lowest BCUT2D eigenvalue weighted by molar-refractivity contribution is 0.0761. The Balaban J connectivity index is 2.32. The fourth-order valence-electron chi connectivity index (χ4n) is 2.02. The fraction of sp³-hybridized carbons (Fsp3) is 0.846. The summed E-state index contributed by atoms with van der Waals surface area (Å²) in [5.41, 5.74) is 0. The van der Waals surface area contributed by atoms with Gasteiger partial charge < -0.3 is 10.1 Å². The van der Waals surface area contributed by atoms with Crippen molar-refractivity contribution in [3.8, 4) is 11.8 Å². The molecule has 1 N–H and O–H groups in total. The fourth-order valence-corrected chi connectivity index (χ4v) is 2.02. The van der Waals surface area contributed by atoms with E-state index in [1.54, 1.807) is 0 Å². The average molecular weight is 209 g/mol. The van der Waals surface area contributed by atoms with Gasteiger partial charge in [-0.1, -0.05) is 6.92 Å². The molecule has 0 saturated carbocycles. The molecule has 2 unspecified atom stereocenters. The Bertz CT molecular complexity index is 210. The topological polar surface area (TPSA) is 21.3 Å². The highest BCUT2D eigenvalue weighted by atomic mass is 16.5. The SMILES string of the molecule is CC#CCCC(NCCC)C1CCCO1. The smallest absolute Gasteiger partial charge is 0.0729 e. The third-order valence-corrected chi connectivity index (χ3v) is 2.83. The first-order valence-electron chi connectivity index (χ1n) is 6.13. The van der Waals surface area contributed by atoms with Crippen LogP contribution in [0.25, 0.3) is 0 Å². The van der Waals surface area contributed by atoms with Crippen molar-refractivity contribution in [3.63, 3.8) is 0 Å². The number of hydrogen-bond acceptors (Lipinski definition) is 2. The summed E-state index contributed by atoms with van der Waals surface area (Å²) in [5.74, 6) is 6.08. The Kier molecular flexibility index (Phi) is 6.47. The molecule has 1 aliphatic rings. The van der Waals surface area contributed by atoms with E-state index in [0.29, 0.717) is 12.1 Å². The second-order valence-electron chi connectivity index (χ2n) is 4.08. The Morgan fingerprint density at radius 3 is 3.00 bits per heavy atom. The van der Waals surface area contributed by atoms with Crippen molar-refractivity contribution in [2.45, 2.75) is 58.1 Å². The van der Waals surface area contributed by atoms with Crippen molar-refractivity contribution < 1.29 is 4.74 Å². The number of ether oxygens (including phenoxy) is 1. The zero-order chi connectivity index (χ0) is 10.9. The molecular weight excluding hydrogens is 186 g/mol. The number of nitrogens with one attached hydrogen (secondary N) is 1. The van der Waals surface area contributed by atoms with Gasteiger partial charge in [0, 0.05) is 19.1 Å². The van der Waals surface area contributed by atoms with Crippen LogP contribution in [-0.4, -0.2) is 25.3 Å². The molecule has 1 saturated heterocycles. The lowest BCUT2D eigenvalue weighted by Gasteiger charge is -2.23. The van der Waals surface area contributed by atoms with E-state index in [2.05, 4.69) is 24.1 Å². The predicted molar refractivity (Wildman–Crippen MR) is 63.7 cm³/mol. The van der Waals surface area contributed by atoms with Crippen LogP contribution >= 0.6 is 0 Å². The van der Waals surface area contributed by atoms with E-state index in [0.717, 1.165) is 26.0 Å². The first kappa shape index (κ1) is 12.5. The van der Waals surface area contributed by atoms with Crippen LogP contribution in [0.4, 0.5) is 0 Å². The van der Waals surface area contributed by atoms with E-state index >= 15 is 0 Å². The summed E-state index contributed by atoms with van der Waals surface area (Å²) < 4.78 is 5.73. The average Bonchev–Trinajstić information content (AvgIpc) is 2.76. The molecule has 1 aliphatic heterocycles. The summed E-state index contributed by atoms with van der Waals surface area (Å²) >= 11 is 0.